The van der Waals surface area contributed by atoms with Gasteiger partial charge in [0.25, 0.3) is 0 Å². The number of rotatable bonds is 12. The maximum Gasteiger partial charge on any atom is 0.237 e. The van der Waals surface area contributed by atoms with Gasteiger partial charge < -0.3 is 25.4 Å². The summed E-state index contributed by atoms with van der Waals surface area (Å²) in [6, 6.07) is 12.0. The van der Waals surface area contributed by atoms with Gasteiger partial charge in [-0.3, -0.25) is 19.6 Å². The third-order valence-electron chi connectivity index (χ3n) is 10.4. The SMILES string of the molecule is COc1nc(-c2cccc(-c3cccc(-c4cnc(CNC5CCC6(CNC(=O)C6)C5)c(OC)n4)c3Cl)c2Cl)cnc1CCC[C@H]1CCC(=O)N1. The van der Waals surface area contributed by atoms with Gasteiger partial charge in [-0.1, -0.05) is 59.6 Å². The zero-order valence-electron chi connectivity index (χ0n) is 28.7. The van der Waals surface area contributed by atoms with E-state index < -0.39 is 0 Å². The van der Waals surface area contributed by atoms with Crippen LogP contribution in [0, 0.1) is 5.41 Å². The second kappa shape index (κ2) is 15.1. The molecule has 3 fully saturated rings. The highest BCUT2D eigenvalue weighted by atomic mass is 35.5. The highest BCUT2D eigenvalue weighted by Gasteiger charge is 2.44. The molecule has 3 aliphatic rings. The summed E-state index contributed by atoms with van der Waals surface area (Å²) >= 11 is 14.2. The van der Waals surface area contributed by atoms with E-state index in [-0.39, 0.29) is 23.3 Å². The average molecular weight is 731 g/mol. The lowest BCUT2D eigenvalue weighted by atomic mass is 9.85. The zero-order valence-corrected chi connectivity index (χ0v) is 30.2. The average Bonchev–Trinajstić information content (AvgIpc) is 3.86. The van der Waals surface area contributed by atoms with E-state index in [9.17, 15) is 9.59 Å². The number of carbonyl (C=O) groups is 2. The normalized spacial score (nSPS) is 21.3. The molecule has 0 bridgehead atoms. The maximum atomic E-state index is 11.8. The Morgan fingerprint density at radius 3 is 2.08 bits per heavy atom. The number of benzene rings is 2. The summed E-state index contributed by atoms with van der Waals surface area (Å²) in [5.74, 6) is 1.15. The first-order valence-electron chi connectivity index (χ1n) is 17.4. The molecule has 1 aliphatic carbocycles. The van der Waals surface area contributed by atoms with E-state index in [1.165, 1.54) is 0 Å². The minimum Gasteiger partial charge on any atom is -0.480 e. The van der Waals surface area contributed by atoms with Gasteiger partial charge in [-0.2, -0.15) is 0 Å². The molecular weight excluding hydrogens is 689 g/mol. The quantitative estimate of drug-likeness (QED) is 0.152. The number of aryl methyl sites for hydroxylation is 1. The molecule has 2 saturated heterocycles. The highest BCUT2D eigenvalue weighted by molar-refractivity contribution is 6.39. The van der Waals surface area contributed by atoms with Gasteiger partial charge in [0.05, 0.1) is 48.0 Å². The molecular formula is C38H41Cl2N7O4. The monoisotopic (exact) mass is 729 g/mol. The van der Waals surface area contributed by atoms with Crippen LogP contribution in [0.15, 0.2) is 48.8 Å². The van der Waals surface area contributed by atoms with E-state index >= 15 is 0 Å². The number of ether oxygens (including phenoxy) is 2. The summed E-state index contributed by atoms with van der Waals surface area (Å²) in [7, 11) is 3.17. The van der Waals surface area contributed by atoms with E-state index in [4.69, 9.17) is 52.6 Å². The van der Waals surface area contributed by atoms with Crippen molar-refractivity contribution in [2.45, 2.75) is 76.4 Å². The first kappa shape index (κ1) is 35.1. The van der Waals surface area contributed by atoms with Crippen LogP contribution in [0.1, 0.15) is 62.8 Å². The third-order valence-corrected chi connectivity index (χ3v) is 11.2. The van der Waals surface area contributed by atoms with Crippen molar-refractivity contribution in [3.8, 4) is 45.4 Å². The van der Waals surface area contributed by atoms with Crippen LogP contribution in [0.25, 0.3) is 33.6 Å². The molecule has 2 aromatic carbocycles. The van der Waals surface area contributed by atoms with E-state index in [1.54, 1.807) is 26.6 Å². The predicted octanol–water partition coefficient (Wildman–Crippen LogP) is 6.34. The molecule has 11 nitrogen and oxygen atoms in total. The van der Waals surface area contributed by atoms with Crippen molar-refractivity contribution in [3.05, 3.63) is 70.2 Å². The van der Waals surface area contributed by atoms with Crippen molar-refractivity contribution in [2.24, 2.45) is 5.41 Å². The van der Waals surface area contributed by atoms with Crippen molar-refractivity contribution < 1.29 is 19.1 Å². The number of halogens is 2. The standard InChI is InChI=1S/C38H41Cl2N7O4/c1-50-36-28(11-3-6-22-12-13-32(48)45-22)42-18-29(46-36)26-9-4-7-24(34(26)39)25-8-5-10-27(35(25)40)30-19-43-31(37(47-30)51-2)20-41-23-14-15-38(16-23)17-33(49)44-21-38/h4-5,7-10,18-19,22-23,41H,3,6,11-17,20-21H2,1-2H3,(H,44,49)(H,45,48)/t22-,23?,38?/m0/s1. The fraction of sp³-hybridized carbons (Fsp3) is 0.421. The summed E-state index contributed by atoms with van der Waals surface area (Å²) in [5, 5.41) is 10.6. The second-order valence-corrected chi connectivity index (χ2v) is 14.5. The fourth-order valence-corrected chi connectivity index (χ4v) is 8.30. The van der Waals surface area contributed by atoms with E-state index in [2.05, 4.69) is 16.0 Å². The van der Waals surface area contributed by atoms with Crippen LogP contribution in [0.4, 0.5) is 0 Å². The number of methoxy groups -OCH3 is 2. The Balaban J connectivity index is 1.08. The Kier molecular flexibility index (Phi) is 10.4. The lowest BCUT2D eigenvalue weighted by Gasteiger charge is -2.21. The smallest absolute Gasteiger partial charge is 0.237 e. The van der Waals surface area contributed by atoms with Gasteiger partial charge in [0, 0.05) is 60.3 Å². The van der Waals surface area contributed by atoms with Gasteiger partial charge in [-0.15, -0.1) is 0 Å². The lowest BCUT2D eigenvalue weighted by Crippen LogP contribution is -2.29. The summed E-state index contributed by atoms with van der Waals surface area (Å²) in [6.45, 7) is 1.27. The second-order valence-electron chi connectivity index (χ2n) is 13.7. The summed E-state index contributed by atoms with van der Waals surface area (Å²) in [4.78, 5) is 42.4. The van der Waals surface area contributed by atoms with Crippen LogP contribution in [0.5, 0.6) is 11.8 Å². The zero-order chi connectivity index (χ0) is 35.5. The molecule has 51 heavy (non-hydrogen) atoms. The minimum atomic E-state index is 0.0701. The molecule has 3 atom stereocenters. The topological polar surface area (TPSA) is 140 Å². The van der Waals surface area contributed by atoms with Gasteiger partial charge in [0.2, 0.25) is 23.6 Å². The fourth-order valence-electron chi connectivity index (χ4n) is 7.65. The number of amides is 2. The van der Waals surface area contributed by atoms with E-state index in [0.29, 0.717) is 81.9 Å². The molecule has 2 aliphatic heterocycles. The van der Waals surface area contributed by atoms with Crippen LogP contribution in [0.2, 0.25) is 10.0 Å². The van der Waals surface area contributed by atoms with Gasteiger partial charge in [-0.05, 0) is 50.4 Å². The van der Waals surface area contributed by atoms with Crippen molar-refractivity contribution in [2.75, 3.05) is 20.8 Å². The molecule has 7 rings (SSSR count). The number of carbonyl (C=O) groups excluding carboxylic acids is 2. The third kappa shape index (κ3) is 7.52. The van der Waals surface area contributed by atoms with Gasteiger partial charge >= 0.3 is 0 Å². The molecule has 4 aromatic rings. The van der Waals surface area contributed by atoms with Gasteiger partial charge in [-0.25, -0.2) is 9.97 Å². The van der Waals surface area contributed by atoms with Crippen LogP contribution >= 0.6 is 23.2 Å². The summed E-state index contributed by atoms with van der Waals surface area (Å²) in [6.07, 6.45) is 11.0. The van der Waals surface area contributed by atoms with Gasteiger partial charge in [0.1, 0.15) is 11.4 Å². The molecule has 2 amide bonds. The Labute approximate surface area is 307 Å². The number of nitrogens with one attached hydrogen (secondary N) is 3. The molecule has 0 radical (unpaired) electrons. The maximum absolute atomic E-state index is 11.8. The van der Waals surface area contributed by atoms with Crippen LogP contribution in [-0.2, 0) is 22.6 Å². The van der Waals surface area contributed by atoms with Crippen molar-refractivity contribution in [1.82, 2.24) is 35.9 Å². The van der Waals surface area contributed by atoms with E-state index in [1.807, 2.05) is 36.4 Å². The lowest BCUT2D eigenvalue weighted by molar-refractivity contribution is -0.120. The molecule has 1 spiro atoms. The molecule has 1 saturated carbocycles. The summed E-state index contributed by atoms with van der Waals surface area (Å²) in [5.41, 5.74) is 5.56. The van der Waals surface area contributed by atoms with Gasteiger partial charge in [0.15, 0.2) is 0 Å². The minimum absolute atomic E-state index is 0.0701. The highest BCUT2D eigenvalue weighted by Crippen LogP contribution is 2.44. The first-order chi connectivity index (χ1) is 24.8. The van der Waals surface area contributed by atoms with Crippen LogP contribution < -0.4 is 25.4 Å². The largest absolute Gasteiger partial charge is 0.480 e. The number of hydrogen-bond acceptors (Lipinski definition) is 9. The van der Waals surface area contributed by atoms with Crippen molar-refractivity contribution >= 4 is 35.0 Å². The number of aromatic nitrogens is 4. The Morgan fingerprint density at radius 2 is 1.49 bits per heavy atom. The predicted molar refractivity (Wildman–Crippen MR) is 196 cm³/mol. The molecule has 4 heterocycles. The van der Waals surface area contributed by atoms with E-state index in [0.717, 1.165) is 61.9 Å². The summed E-state index contributed by atoms with van der Waals surface area (Å²) < 4.78 is 11.3. The Morgan fingerprint density at radius 1 is 0.863 bits per heavy atom. The van der Waals surface area contributed by atoms with Crippen molar-refractivity contribution in [3.63, 3.8) is 0 Å². The van der Waals surface area contributed by atoms with Crippen LogP contribution in [0.3, 0.4) is 0 Å². The van der Waals surface area contributed by atoms with Crippen molar-refractivity contribution in [1.29, 1.82) is 0 Å². The first-order valence-corrected chi connectivity index (χ1v) is 18.2. The number of nitrogens with zero attached hydrogens (tertiary/aromatic N) is 4. The van der Waals surface area contributed by atoms with Crippen LogP contribution in [-0.4, -0.2) is 64.6 Å². The Bertz CT molecular complexity index is 1960. The molecule has 3 N–H and O–H groups in total. The Hall–Kier alpha value is -4.32. The molecule has 266 valence electrons. The molecule has 13 heteroatoms. The number of hydrogen-bond donors (Lipinski definition) is 3. The molecule has 2 unspecified atom stereocenters. The molecule has 2 aromatic heterocycles.